The van der Waals surface area contributed by atoms with Gasteiger partial charge in [0.1, 0.15) is 0 Å². The van der Waals surface area contributed by atoms with Crippen molar-refractivity contribution in [1.29, 1.82) is 0 Å². The molecule has 0 aromatic rings. The Hall–Kier alpha value is 0.154. The topological polar surface area (TPSA) is 109 Å². The van der Waals surface area contributed by atoms with Crippen molar-refractivity contribution in [3.05, 3.63) is 0 Å². The molecule has 0 bridgehead atoms. The van der Waals surface area contributed by atoms with E-state index in [4.69, 9.17) is 13.6 Å². The molecule has 0 radical (unpaired) electrons. The second-order valence-corrected chi connectivity index (χ2v) is 18.9. The molecule has 2 fully saturated rings. The molecule has 2 saturated carbocycles. The predicted octanol–water partition coefficient (Wildman–Crippen LogP) is 3.90. The van der Waals surface area contributed by atoms with Gasteiger partial charge in [0.15, 0.2) is 16.6 Å². The van der Waals surface area contributed by atoms with E-state index in [1.54, 1.807) is 0 Å². The van der Waals surface area contributed by atoms with E-state index in [-0.39, 0.29) is 34.5 Å². The third-order valence-corrected chi connectivity index (χ3v) is 13.4. The first-order valence-electron chi connectivity index (χ1n) is 11.1. The molecule has 0 heterocycles. The molecule has 9 heteroatoms. The zero-order valence-electron chi connectivity index (χ0n) is 18.5. The molecule has 2 aliphatic carbocycles. The van der Waals surface area contributed by atoms with E-state index in [0.29, 0.717) is 38.9 Å². The van der Waals surface area contributed by atoms with E-state index in [1.807, 2.05) is 0 Å². The Labute approximate surface area is 199 Å². The molecule has 196 valence electrons. The molecule has 2 rings (SSSR count). The van der Waals surface area contributed by atoms with Crippen molar-refractivity contribution in [3.63, 3.8) is 0 Å². The third kappa shape index (κ3) is 12.0. The van der Waals surface area contributed by atoms with Crippen LogP contribution < -0.4 is 0 Å². The minimum absolute atomic E-state index is 0. The molecule has 4 N–H and O–H groups in total. The van der Waals surface area contributed by atoms with Crippen molar-refractivity contribution in [3.8, 4) is 0 Å². The molecule has 6 atom stereocenters. The maximum Gasteiger partial charge on any atom is 0.175 e. The zero-order chi connectivity index (χ0) is 21.7. The van der Waals surface area contributed by atoms with Gasteiger partial charge in [-0.25, -0.2) is 0 Å². The normalized spacial score (nSPS) is 31.1. The maximum absolute atomic E-state index is 9.79. The quantitative estimate of drug-likeness (QED) is 0.338. The molecule has 0 aliphatic heterocycles. The summed E-state index contributed by atoms with van der Waals surface area (Å²) in [5.74, 6) is 0. The van der Waals surface area contributed by atoms with Gasteiger partial charge >= 0.3 is 0 Å². The minimum Gasteiger partial charge on any atom is -0.455 e. The average Bonchev–Trinajstić information content (AvgIpc) is 2.60. The summed E-state index contributed by atoms with van der Waals surface area (Å²) in [5.41, 5.74) is 0. The van der Waals surface area contributed by atoms with Crippen LogP contribution in [0, 0.1) is 0 Å². The van der Waals surface area contributed by atoms with E-state index in [1.165, 1.54) is 0 Å². The van der Waals surface area contributed by atoms with Crippen LogP contribution in [0.25, 0.3) is 0 Å². The van der Waals surface area contributed by atoms with Gasteiger partial charge in [0.05, 0.1) is 36.6 Å². The van der Waals surface area contributed by atoms with Gasteiger partial charge in [0.2, 0.25) is 0 Å². The summed E-state index contributed by atoms with van der Waals surface area (Å²) in [7, 11) is -3.73. The van der Waals surface area contributed by atoms with Gasteiger partial charge in [-0.2, -0.15) is 0 Å². The molecule has 0 amide bonds. The fraction of sp³-hybridized carbons (Fsp3) is 1.00. The van der Waals surface area contributed by atoms with Gasteiger partial charge in [0.25, 0.3) is 0 Å². The van der Waals surface area contributed by atoms with Gasteiger partial charge in [-0.05, 0) is 64.0 Å². The lowest BCUT2D eigenvalue weighted by Gasteiger charge is -2.36. The van der Waals surface area contributed by atoms with Crippen molar-refractivity contribution < 1.29 is 34.0 Å². The summed E-state index contributed by atoms with van der Waals surface area (Å²) in [5, 5.41) is 38.8. The molecule has 6 unspecified atom stereocenters. The number of hydrogen-bond donors (Lipinski definition) is 4. The zero-order valence-corrected chi connectivity index (χ0v) is 20.5. The van der Waals surface area contributed by atoms with Crippen molar-refractivity contribution >= 4 is 16.6 Å². The van der Waals surface area contributed by atoms with Crippen LogP contribution >= 0.6 is 0 Å². The second-order valence-electron chi connectivity index (χ2n) is 10.0. The van der Waals surface area contributed by atoms with Gasteiger partial charge in [-0.3, -0.25) is 0 Å². The van der Waals surface area contributed by atoms with Gasteiger partial charge in [-0.1, -0.05) is 22.3 Å². The Kier molecular flexibility index (Phi) is 16.3. The van der Waals surface area contributed by atoms with Crippen LogP contribution in [0.2, 0.25) is 38.3 Å². The maximum atomic E-state index is 9.79. The molecule has 0 aromatic carbocycles. The summed E-state index contributed by atoms with van der Waals surface area (Å²) in [6.45, 7) is 10.2. The van der Waals surface area contributed by atoms with E-state index in [0.717, 1.165) is 24.9 Å². The van der Waals surface area contributed by atoms with Crippen LogP contribution in [0.5, 0.6) is 0 Å². The lowest BCUT2D eigenvalue weighted by molar-refractivity contribution is -0.0708. The first-order valence-corrected chi connectivity index (χ1v) is 17.4. The second kappa shape index (κ2) is 15.2. The lowest BCUT2D eigenvalue weighted by Crippen LogP contribution is -2.46. The number of rotatable bonds is 10. The fourth-order valence-corrected chi connectivity index (χ4v) is 12.3. The van der Waals surface area contributed by atoms with Crippen LogP contribution in [-0.4, -0.2) is 86.9 Å². The van der Waals surface area contributed by atoms with E-state index >= 15 is 0 Å². The summed E-state index contributed by atoms with van der Waals surface area (Å²) in [6.07, 6.45) is 1.30. The highest BCUT2D eigenvalue weighted by Crippen LogP contribution is 2.26. The highest BCUT2D eigenvalue weighted by atomic mass is 28.4. The van der Waals surface area contributed by atoms with Gasteiger partial charge < -0.3 is 34.0 Å². The molecular formula is C23H54O7Si2. The van der Waals surface area contributed by atoms with Crippen molar-refractivity contribution in [2.45, 2.75) is 136 Å². The van der Waals surface area contributed by atoms with Crippen LogP contribution in [0.3, 0.4) is 0 Å². The molecule has 0 aromatic heterocycles. The first-order chi connectivity index (χ1) is 13.5. The monoisotopic (exact) mass is 498 g/mol. The van der Waals surface area contributed by atoms with Crippen LogP contribution in [0.15, 0.2) is 0 Å². The number of aliphatic hydroxyl groups is 4. The van der Waals surface area contributed by atoms with Crippen LogP contribution in [0.4, 0.5) is 0 Å². The van der Waals surface area contributed by atoms with Gasteiger partial charge in [0, 0.05) is 26.1 Å². The molecule has 7 nitrogen and oxygen atoms in total. The standard InChI is InChI=1S/C20H42O7Si2.3CH4/c1-28(2,11-9-25-15-5-7-17(21)19(23)13-15)27-29(3,4)12-10-26-16-6-8-18(22)20(24)14-16;;;/h15-24H,5-14H2,1-4H3;3*1H4. The van der Waals surface area contributed by atoms with Crippen molar-refractivity contribution in [1.82, 2.24) is 0 Å². The molecule has 0 saturated heterocycles. The third-order valence-electron chi connectivity index (χ3n) is 6.13. The summed E-state index contributed by atoms with van der Waals surface area (Å²) >= 11 is 0. The molecule has 0 spiro atoms. The Morgan fingerprint density at radius 2 is 0.938 bits per heavy atom. The largest absolute Gasteiger partial charge is 0.455 e. The summed E-state index contributed by atoms with van der Waals surface area (Å²) in [6, 6.07) is 1.82. The van der Waals surface area contributed by atoms with Crippen molar-refractivity contribution in [2.24, 2.45) is 0 Å². The van der Waals surface area contributed by atoms with Gasteiger partial charge in [-0.15, -0.1) is 0 Å². The van der Waals surface area contributed by atoms with Crippen LogP contribution in [-0.2, 0) is 13.6 Å². The Balaban J connectivity index is 0. The van der Waals surface area contributed by atoms with Crippen LogP contribution in [0.1, 0.15) is 60.8 Å². The molecule has 2 aliphatic rings. The van der Waals surface area contributed by atoms with E-state index < -0.39 is 41.1 Å². The molecular weight excluding hydrogens is 444 g/mol. The smallest absolute Gasteiger partial charge is 0.175 e. The van der Waals surface area contributed by atoms with E-state index in [2.05, 4.69) is 26.2 Å². The summed E-state index contributed by atoms with van der Waals surface area (Å²) in [4.78, 5) is 0. The predicted molar refractivity (Wildman–Crippen MR) is 137 cm³/mol. The SMILES string of the molecule is C.C.C.C[Si](C)(CCOC1CCC(O)C(O)C1)O[Si](C)(C)CCOC1CCC(O)C(O)C1. The highest BCUT2D eigenvalue weighted by Gasteiger charge is 2.34. The Bertz CT molecular complexity index is 451. The molecule has 32 heavy (non-hydrogen) atoms. The highest BCUT2D eigenvalue weighted by molar-refractivity contribution is 6.84. The average molecular weight is 499 g/mol. The minimum atomic E-state index is -1.87. The fourth-order valence-electron chi connectivity index (χ4n) is 4.28. The Morgan fingerprint density at radius 3 is 1.25 bits per heavy atom. The van der Waals surface area contributed by atoms with E-state index in [9.17, 15) is 20.4 Å². The first kappa shape index (κ1) is 34.3. The number of ether oxygens (including phenoxy) is 2. The lowest BCUT2D eigenvalue weighted by atomic mass is 9.92. The van der Waals surface area contributed by atoms with Crippen molar-refractivity contribution in [2.75, 3.05) is 13.2 Å². The Morgan fingerprint density at radius 1 is 0.594 bits per heavy atom. The summed E-state index contributed by atoms with van der Waals surface area (Å²) < 4.78 is 18.5. The number of aliphatic hydroxyl groups excluding tert-OH is 4. The number of hydrogen-bond acceptors (Lipinski definition) is 7.